The van der Waals surface area contributed by atoms with E-state index in [0.717, 1.165) is 56.9 Å². The maximum atomic E-state index is 14.2. The predicted molar refractivity (Wildman–Crippen MR) is 185 cm³/mol. The van der Waals surface area contributed by atoms with Crippen molar-refractivity contribution in [2.75, 3.05) is 24.5 Å². The van der Waals surface area contributed by atoms with Crippen LogP contribution < -0.4 is 14.4 Å². The lowest BCUT2D eigenvalue weighted by Crippen LogP contribution is -2.65. The summed E-state index contributed by atoms with van der Waals surface area (Å²) in [6, 6.07) is 16.7. The van der Waals surface area contributed by atoms with Crippen LogP contribution in [0.3, 0.4) is 0 Å². The lowest BCUT2D eigenvalue weighted by molar-refractivity contribution is -0.0353. The molecule has 49 heavy (non-hydrogen) atoms. The van der Waals surface area contributed by atoms with Gasteiger partial charge in [-0.2, -0.15) is 4.98 Å². The van der Waals surface area contributed by atoms with Crippen LogP contribution in [0.15, 0.2) is 60.8 Å². The topological polar surface area (TPSA) is 96.8 Å². The minimum absolute atomic E-state index is 0.0680. The van der Waals surface area contributed by atoms with Gasteiger partial charge in [-0.05, 0) is 70.4 Å². The van der Waals surface area contributed by atoms with E-state index in [1.165, 1.54) is 29.3 Å². The highest BCUT2D eigenvalue weighted by Gasteiger charge is 2.54. The summed E-state index contributed by atoms with van der Waals surface area (Å²) in [6.45, 7) is 11.6. The van der Waals surface area contributed by atoms with Crippen LogP contribution >= 0.6 is 11.6 Å². The summed E-state index contributed by atoms with van der Waals surface area (Å²) in [5, 5.41) is 8.25. The van der Waals surface area contributed by atoms with E-state index in [1.807, 2.05) is 33.0 Å². The van der Waals surface area contributed by atoms with E-state index in [1.54, 1.807) is 4.90 Å². The molecule has 1 saturated heterocycles. The standard InChI is InChI=1S/C37H41ClFN7O3/c1-5-46(23(2)3)35(47)28-16-26(39)11-12-31(28)49-36-41-34(33(38)42-43-36)45-21-37(22-45)17-27(18-37)48-32-13-14-40-30-15-24(4)44(20-29(30)32)19-25-9-7-6-8-10-25/h6-14,16,23-24,27H,5,15,17-22H2,1-4H3. The number of amides is 1. The van der Waals surface area contributed by atoms with Crippen LogP contribution in [0.4, 0.5) is 10.2 Å². The Bertz CT molecular complexity index is 1830. The molecule has 0 bridgehead atoms. The molecule has 1 unspecified atom stereocenters. The first-order valence-corrected chi connectivity index (χ1v) is 17.3. The van der Waals surface area contributed by atoms with Crippen molar-refractivity contribution in [3.05, 3.63) is 94.1 Å². The Morgan fingerprint density at radius 3 is 2.61 bits per heavy atom. The van der Waals surface area contributed by atoms with Crippen LogP contribution in [-0.2, 0) is 19.5 Å². The number of ether oxygens (including phenoxy) is 2. The van der Waals surface area contributed by atoms with Gasteiger partial charge in [0, 0.05) is 68.4 Å². The largest absolute Gasteiger partial charge is 0.490 e. The first kappa shape index (κ1) is 33.2. The number of nitrogens with zero attached hydrogens (tertiary/aromatic N) is 7. The Hall–Kier alpha value is -4.35. The molecule has 0 N–H and O–H groups in total. The molecule has 1 saturated carbocycles. The van der Waals surface area contributed by atoms with Crippen molar-refractivity contribution in [1.82, 2.24) is 30.0 Å². The van der Waals surface area contributed by atoms with Crippen LogP contribution in [0.1, 0.15) is 67.7 Å². The van der Waals surface area contributed by atoms with Gasteiger partial charge in [0.2, 0.25) is 0 Å². The molecule has 2 fully saturated rings. The Morgan fingerprint density at radius 2 is 1.88 bits per heavy atom. The number of rotatable bonds is 10. The van der Waals surface area contributed by atoms with Crippen molar-refractivity contribution in [1.29, 1.82) is 0 Å². The van der Waals surface area contributed by atoms with Gasteiger partial charge in [0.1, 0.15) is 23.4 Å². The van der Waals surface area contributed by atoms with Crippen LogP contribution in [0, 0.1) is 11.2 Å². The van der Waals surface area contributed by atoms with E-state index < -0.39 is 5.82 Å². The van der Waals surface area contributed by atoms with Crippen molar-refractivity contribution in [2.45, 2.75) is 78.2 Å². The van der Waals surface area contributed by atoms with Crippen LogP contribution in [0.25, 0.3) is 0 Å². The zero-order chi connectivity index (χ0) is 34.3. The molecule has 1 atom stereocenters. The summed E-state index contributed by atoms with van der Waals surface area (Å²) < 4.78 is 26.8. The molecule has 10 nitrogen and oxygen atoms in total. The quantitative estimate of drug-likeness (QED) is 0.180. The Morgan fingerprint density at radius 1 is 1.10 bits per heavy atom. The first-order chi connectivity index (χ1) is 23.6. The van der Waals surface area contributed by atoms with Crippen molar-refractivity contribution in [3.8, 4) is 17.5 Å². The van der Waals surface area contributed by atoms with Gasteiger partial charge in [0.05, 0.1) is 11.3 Å². The van der Waals surface area contributed by atoms with Crippen LogP contribution in [0.5, 0.6) is 17.5 Å². The number of pyridine rings is 1. The SMILES string of the molecule is CCN(C(=O)c1cc(F)ccc1Oc1nnc(Cl)c(N2CC3(CC(Oc4ccnc5c4CN(Cc4ccccc4)C(C)C5)C3)C2)n1)C(C)C. The number of benzene rings is 2. The molecule has 256 valence electrons. The van der Waals surface area contributed by atoms with Crippen molar-refractivity contribution in [2.24, 2.45) is 5.41 Å². The van der Waals surface area contributed by atoms with Crippen molar-refractivity contribution in [3.63, 3.8) is 0 Å². The predicted octanol–water partition coefficient (Wildman–Crippen LogP) is 6.72. The minimum atomic E-state index is -0.538. The number of carbonyl (C=O) groups excluding carboxylic acids is 1. The van der Waals surface area contributed by atoms with Gasteiger partial charge in [-0.25, -0.2) is 4.39 Å². The molecular weight excluding hydrogens is 645 g/mol. The van der Waals surface area contributed by atoms with Gasteiger partial charge < -0.3 is 19.3 Å². The molecule has 4 heterocycles. The number of anilines is 1. The molecule has 1 spiro atoms. The van der Waals surface area contributed by atoms with Crippen molar-refractivity contribution < 1.29 is 18.7 Å². The molecule has 12 heteroatoms. The fourth-order valence-electron chi connectivity index (χ4n) is 7.40. The summed E-state index contributed by atoms with van der Waals surface area (Å²) in [7, 11) is 0. The number of aromatic nitrogens is 4. The number of carbonyl (C=O) groups is 1. The average molecular weight is 686 g/mol. The number of halogens is 2. The zero-order valence-corrected chi connectivity index (χ0v) is 29.0. The summed E-state index contributed by atoms with van der Waals surface area (Å²) in [4.78, 5) is 28.7. The molecule has 4 aromatic rings. The van der Waals surface area contributed by atoms with Crippen molar-refractivity contribution >= 4 is 23.3 Å². The number of hydrogen-bond donors (Lipinski definition) is 0. The van der Waals surface area contributed by atoms with E-state index in [2.05, 4.69) is 62.2 Å². The summed E-state index contributed by atoms with van der Waals surface area (Å²) in [6.07, 6.45) is 4.74. The van der Waals surface area contributed by atoms with E-state index in [0.29, 0.717) is 18.4 Å². The lowest BCUT2D eigenvalue weighted by Gasteiger charge is -2.58. The van der Waals surface area contributed by atoms with E-state index >= 15 is 0 Å². The average Bonchev–Trinajstić information content (AvgIpc) is 3.04. The summed E-state index contributed by atoms with van der Waals surface area (Å²) in [5.74, 6) is 0.667. The second-order valence-electron chi connectivity index (χ2n) is 13.8. The second kappa shape index (κ2) is 13.5. The second-order valence-corrected chi connectivity index (χ2v) is 14.2. The van der Waals surface area contributed by atoms with E-state index in [-0.39, 0.29) is 45.9 Å². The lowest BCUT2D eigenvalue weighted by atomic mass is 9.61. The van der Waals surface area contributed by atoms with E-state index in [4.69, 9.17) is 26.1 Å². The van der Waals surface area contributed by atoms with Gasteiger partial charge in [0.25, 0.3) is 5.91 Å². The Balaban J connectivity index is 0.986. The summed E-state index contributed by atoms with van der Waals surface area (Å²) in [5.41, 5.74) is 3.82. The van der Waals surface area contributed by atoms with E-state index in [9.17, 15) is 9.18 Å². The highest BCUT2D eigenvalue weighted by molar-refractivity contribution is 6.31. The maximum absolute atomic E-state index is 14.2. The molecule has 2 aromatic carbocycles. The van der Waals surface area contributed by atoms with Crippen LogP contribution in [-0.4, -0.2) is 73.7 Å². The Labute approximate surface area is 291 Å². The third kappa shape index (κ3) is 6.78. The first-order valence-electron chi connectivity index (χ1n) is 17.0. The monoisotopic (exact) mass is 685 g/mol. The molecule has 1 aliphatic carbocycles. The summed E-state index contributed by atoms with van der Waals surface area (Å²) >= 11 is 6.46. The third-order valence-corrected chi connectivity index (χ3v) is 10.2. The highest BCUT2D eigenvalue weighted by Crippen LogP contribution is 2.51. The molecule has 3 aliphatic rings. The maximum Gasteiger partial charge on any atom is 0.343 e. The van der Waals surface area contributed by atoms with Gasteiger partial charge in [-0.3, -0.25) is 14.7 Å². The Kier molecular flexibility index (Phi) is 9.15. The van der Waals surface area contributed by atoms with Gasteiger partial charge in [0.15, 0.2) is 11.0 Å². The highest BCUT2D eigenvalue weighted by atomic mass is 35.5. The van der Waals surface area contributed by atoms with Gasteiger partial charge >= 0.3 is 6.01 Å². The molecule has 2 aromatic heterocycles. The van der Waals surface area contributed by atoms with Gasteiger partial charge in [-0.1, -0.05) is 47.0 Å². The normalized spacial score (nSPS) is 18.5. The number of fused-ring (bicyclic) bond motifs is 1. The molecule has 2 aliphatic heterocycles. The minimum Gasteiger partial charge on any atom is -0.490 e. The third-order valence-electron chi connectivity index (χ3n) is 9.98. The fraction of sp³-hybridized carbons (Fsp3) is 0.432. The molecule has 7 rings (SSSR count). The molecule has 0 radical (unpaired) electrons. The van der Waals surface area contributed by atoms with Crippen LogP contribution in [0.2, 0.25) is 5.15 Å². The number of hydrogen-bond acceptors (Lipinski definition) is 9. The molecule has 1 amide bonds. The smallest absolute Gasteiger partial charge is 0.343 e. The molecular formula is C37H41ClFN7O3. The fourth-order valence-corrected chi connectivity index (χ4v) is 7.60. The van der Waals surface area contributed by atoms with Gasteiger partial charge in [-0.15, -0.1) is 5.10 Å². The zero-order valence-electron chi connectivity index (χ0n) is 28.3.